The fraction of sp³-hybridized carbons (Fsp3) is 0.560. The first-order valence-electron chi connectivity index (χ1n) is 32.3. The lowest BCUT2D eigenvalue weighted by atomic mass is 10.0. The van der Waals surface area contributed by atoms with E-state index in [9.17, 15) is 14.4 Å². The van der Waals surface area contributed by atoms with Crippen LogP contribution in [-0.2, 0) is 28.6 Å². The number of esters is 3. The van der Waals surface area contributed by atoms with Gasteiger partial charge in [0.15, 0.2) is 6.10 Å². The molecule has 0 spiro atoms. The maximum Gasteiger partial charge on any atom is 0.306 e. The molecule has 6 nitrogen and oxygen atoms in total. The fourth-order valence-corrected chi connectivity index (χ4v) is 8.17. The number of allylic oxidation sites excluding steroid dienone is 30. The first-order chi connectivity index (χ1) is 40.0. The Morgan fingerprint density at radius 2 is 0.444 bits per heavy atom. The molecule has 0 aliphatic heterocycles. The van der Waals surface area contributed by atoms with E-state index in [1.54, 1.807) is 0 Å². The molecule has 0 aromatic heterocycles. The molecule has 1 atom stereocenters. The van der Waals surface area contributed by atoms with Crippen LogP contribution in [0.15, 0.2) is 182 Å². The lowest BCUT2D eigenvalue weighted by Crippen LogP contribution is -2.30. The summed E-state index contributed by atoms with van der Waals surface area (Å²) in [4.78, 5) is 38.4. The number of ether oxygens (including phenoxy) is 3. The minimum atomic E-state index is -0.824. The van der Waals surface area contributed by atoms with E-state index in [0.29, 0.717) is 25.7 Å². The molecule has 1 unspecified atom stereocenters. The van der Waals surface area contributed by atoms with Crippen LogP contribution in [0.25, 0.3) is 0 Å². The highest BCUT2D eigenvalue weighted by Crippen LogP contribution is 2.14. The third-order valence-corrected chi connectivity index (χ3v) is 12.9. The second-order valence-electron chi connectivity index (χ2n) is 20.5. The Bertz CT molecular complexity index is 1900. The highest BCUT2D eigenvalue weighted by Gasteiger charge is 2.19. The molecular formula is C75H116O6. The van der Waals surface area contributed by atoms with Crippen LogP contribution in [0.1, 0.15) is 252 Å². The van der Waals surface area contributed by atoms with Crippen molar-refractivity contribution < 1.29 is 28.6 Å². The maximum atomic E-state index is 12.9. The summed E-state index contributed by atoms with van der Waals surface area (Å²) in [5.41, 5.74) is 0. The number of hydrogen-bond acceptors (Lipinski definition) is 6. The van der Waals surface area contributed by atoms with Crippen LogP contribution in [0.3, 0.4) is 0 Å². The Kier molecular flexibility index (Phi) is 62.5. The molecule has 452 valence electrons. The van der Waals surface area contributed by atoms with Crippen molar-refractivity contribution in [1.82, 2.24) is 0 Å². The lowest BCUT2D eigenvalue weighted by Gasteiger charge is -2.18. The summed E-state index contributed by atoms with van der Waals surface area (Å²) < 4.78 is 16.9. The van der Waals surface area contributed by atoms with Gasteiger partial charge in [-0.1, -0.05) is 261 Å². The monoisotopic (exact) mass is 1110 g/mol. The van der Waals surface area contributed by atoms with E-state index < -0.39 is 6.10 Å². The molecule has 0 amide bonds. The van der Waals surface area contributed by atoms with Crippen molar-refractivity contribution in [2.45, 2.75) is 258 Å². The zero-order chi connectivity index (χ0) is 58.5. The van der Waals surface area contributed by atoms with E-state index in [1.807, 2.05) is 0 Å². The lowest BCUT2D eigenvalue weighted by molar-refractivity contribution is -0.167. The minimum absolute atomic E-state index is 0.120. The van der Waals surface area contributed by atoms with E-state index in [2.05, 4.69) is 203 Å². The smallest absolute Gasteiger partial charge is 0.306 e. The molecule has 0 heterocycles. The summed E-state index contributed by atoms with van der Waals surface area (Å²) in [6.07, 6.45) is 100. The summed E-state index contributed by atoms with van der Waals surface area (Å²) in [6, 6.07) is 0. The zero-order valence-corrected chi connectivity index (χ0v) is 51.7. The van der Waals surface area contributed by atoms with Gasteiger partial charge in [0, 0.05) is 19.3 Å². The largest absolute Gasteiger partial charge is 0.462 e. The summed E-state index contributed by atoms with van der Waals surface area (Å²) in [5.74, 6) is -1.00. The van der Waals surface area contributed by atoms with Crippen molar-refractivity contribution in [2.24, 2.45) is 0 Å². The molecule has 6 heteroatoms. The summed E-state index contributed by atoms with van der Waals surface area (Å²) in [6.45, 7) is 6.22. The van der Waals surface area contributed by atoms with Gasteiger partial charge in [-0.3, -0.25) is 14.4 Å². The first-order valence-corrected chi connectivity index (χ1v) is 32.3. The predicted octanol–water partition coefficient (Wildman–Crippen LogP) is 22.4. The van der Waals surface area contributed by atoms with Crippen LogP contribution < -0.4 is 0 Å². The van der Waals surface area contributed by atoms with Crippen molar-refractivity contribution in [1.29, 1.82) is 0 Å². The van der Waals surface area contributed by atoms with Gasteiger partial charge in [0.25, 0.3) is 0 Å². The molecule has 0 radical (unpaired) electrons. The molecule has 0 aromatic carbocycles. The van der Waals surface area contributed by atoms with E-state index in [-0.39, 0.29) is 31.1 Å². The van der Waals surface area contributed by atoms with Crippen LogP contribution in [0, 0.1) is 0 Å². The highest BCUT2D eigenvalue weighted by molar-refractivity contribution is 5.71. The third-order valence-electron chi connectivity index (χ3n) is 12.9. The van der Waals surface area contributed by atoms with Gasteiger partial charge in [0.2, 0.25) is 0 Å². The van der Waals surface area contributed by atoms with Crippen LogP contribution in [-0.4, -0.2) is 37.2 Å². The van der Waals surface area contributed by atoms with Crippen LogP contribution in [0.4, 0.5) is 0 Å². The van der Waals surface area contributed by atoms with Gasteiger partial charge >= 0.3 is 17.9 Å². The first kappa shape index (κ1) is 75.5. The van der Waals surface area contributed by atoms with Crippen molar-refractivity contribution in [3.8, 4) is 0 Å². The van der Waals surface area contributed by atoms with Crippen molar-refractivity contribution in [3.63, 3.8) is 0 Å². The van der Waals surface area contributed by atoms with Gasteiger partial charge in [-0.05, 0) is 154 Å². The van der Waals surface area contributed by atoms with Gasteiger partial charge in [-0.25, -0.2) is 0 Å². The van der Waals surface area contributed by atoms with Gasteiger partial charge in [-0.2, -0.15) is 0 Å². The van der Waals surface area contributed by atoms with Gasteiger partial charge in [0.1, 0.15) is 13.2 Å². The average molecular weight is 1110 g/mol. The normalized spacial score (nSPS) is 13.4. The highest BCUT2D eigenvalue weighted by atomic mass is 16.6. The molecule has 0 aliphatic carbocycles. The van der Waals surface area contributed by atoms with Crippen LogP contribution in [0.5, 0.6) is 0 Å². The Balaban J connectivity index is 4.51. The van der Waals surface area contributed by atoms with E-state index in [1.165, 1.54) is 44.9 Å². The van der Waals surface area contributed by atoms with Gasteiger partial charge in [-0.15, -0.1) is 0 Å². The maximum absolute atomic E-state index is 12.9. The molecule has 0 rings (SSSR count). The van der Waals surface area contributed by atoms with E-state index >= 15 is 0 Å². The van der Waals surface area contributed by atoms with Gasteiger partial charge in [0.05, 0.1) is 0 Å². The Morgan fingerprint density at radius 3 is 0.728 bits per heavy atom. The van der Waals surface area contributed by atoms with E-state index in [4.69, 9.17) is 14.2 Å². The number of rotatable bonds is 56. The molecule has 0 N–H and O–H groups in total. The number of hydrogen-bond donors (Lipinski definition) is 0. The fourth-order valence-electron chi connectivity index (χ4n) is 8.17. The molecule has 0 aromatic rings. The summed E-state index contributed by atoms with van der Waals surface area (Å²) in [5, 5.41) is 0. The minimum Gasteiger partial charge on any atom is -0.462 e. The van der Waals surface area contributed by atoms with Crippen molar-refractivity contribution >= 4 is 17.9 Å². The predicted molar refractivity (Wildman–Crippen MR) is 352 cm³/mol. The van der Waals surface area contributed by atoms with Gasteiger partial charge < -0.3 is 14.2 Å². The van der Waals surface area contributed by atoms with Crippen LogP contribution in [0.2, 0.25) is 0 Å². The topological polar surface area (TPSA) is 78.9 Å². The molecular weight excluding hydrogens is 997 g/mol. The Morgan fingerprint density at radius 1 is 0.247 bits per heavy atom. The Labute approximate surface area is 497 Å². The molecule has 0 bridgehead atoms. The average Bonchev–Trinajstić information content (AvgIpc) is 3.47. The molecule has 0 aliphatic rings. The number of carbonyl (C=O) groups is 3. The standard InChI is InChI=1S/C75H116O6/c1-4-7-10-13-16-19-22-25-28-30-32-34-36-37-39-40-42-44-47-50-53-56-59-62-65-68-74(77)80-71-72(70-79-73(76)67-64-61-58-55-52-49-46-27-24-21-18-15-12-9-6-3)81-75(78)69-66-63-60-57-54-51-48-45-43-41-38-35-33-31-29-26-23-20-17-14-11-8-5-2/h7-12,16-21,25-29,32-35,37,39,42,44,46,50,52-53,55,72H,4-6,13-15,22-24,30-31,36,38,40-41,43,45,47-49,51,54,56-71H2,1-3H3/b10-7-,11-8-,12-9-,19-16-,20-17-,21-18-,28-25-,29-26-,34-32-,35-33-,39-37-,44-42-,46-27-,53-50-,55-52-. The number of carbonyl (C=O) groups excluding carboxylic acids is 3. The second-order valence-corrected chi connectivity index (χ2v) is 20.5. The van der Waals surface area contributed by atoms with Crippen molar-refractivity contribution in [2.75, 3.05) is 13.2 Å². The SMILES string of the molecule is CC/C=C\C/C=C\C/C=C\C/C=C\C/C=C\C/C=C\C/C=C\CCCCCC(=O)OCC(COC(=O)CCCC/C=C\C/C=C\C/C=C\C/C=C\CC)OC(=O)CCCCCCCCCCCC/C=C\C/C=C\C/C=C\C/C=C\CC. The quantitative estimate of drug-likeness (QED) is 0.0261. The summed E-state index contributed by atoms with van der Waals surface area (Å²) >= 11 is 0. The van der Waals surface area contributed by atoms with Crippen molar-refractivity contribution in [3.05, 3.63) is 182 Å². The Hall–Kier alpha value is -5.49. The molecule has 81 heavy (non-hydrogen) atoms. The zero-order valence-electron chi connectivity index (χ0n) is 51.7. The molecule has 0 saturated carbocycles. The third kappa shape index (κ3) is 65.2. The molecule has 0 fully saturated rings. The molecule has 0 saturated heterocycles. The second kappa shape index (κ2) is 67.0. The summed E-state index contributed by atoms with van der Waals surface area (Å²) in [7, 11) is 0. The van der Waals surface area contributed by atoms with Crippen LogP contribution >= 0.6 is 0 Å². The number of unbranched alkanes of at least 4 members (excludes halogenated alkanes) is 15. The van der Waals surface area contributed by atoms with E-state index in [0.717, 1.165) is 161 Å².